The van der Waals surface area contributed by atoms with Crippen LogP contribution < -0.4 is 5.32 Å². The quantitative estimate of drug-likeness (QED) is 0.768. The molecule has 0 bridgehead atoms. The molecule has 6 heteroatoms. The van der Waals surface area contributed by atoms with E-state index in [-0.39, 0.29) is 17.7 Å². The zero-order valence-electron chi connectivity index (χ0n) is 17.0. The zero-order chi connectivity index (χ0) is 19.1. The van der Waals surface area contributed by atoms with Gasteiger partial charge < -0.3 is 19.9 Å². The average molecular weight is 380 g/mol. The van der Waals surface area contributed by atoms with E-state index in [1.54, 1.807) is 6.92 Å². The number of carbonyl (C=O) groups is 2. The average Bonchev–Trinajstić information content (AvgIpc) is 2.70. The maximum Gasteiger partial charge on any atom is 0.223 e. The molecule has 3 fully saturated rings. The summed E-state index contributed by atoms with van der Waals surface area (Å²) >= 11 is 0. The number of nitrogens with one attached hydrogen (secondary N) is 1. The Morgan fingerprint density at radius 2 is 1.48 bits per heavy atom. The second kappa shape index (κ2) is 10.4. The first-order valence-corrected chi connectivity index (χ1v) is 11.0. The van der Waals surface area contributed by atoms with Crippen LogP contribution >= 0.6 is 0 Å². The molecular weight excluding hydrogens is 342 g/mol. The van der Waals surface area contributed by atoms with Gasteiger partial charge in [0, 0.05) is 52.1 Å². The molecule has 0 spiro atoms. The summed E-state index contributed by atoms with van der Waals surface area (Å²) in [4.78, 5) is 28.0. The molecule has 1 saturated carbocycles. The fourth-order valence-electron chi connectivity index (χ4n) is 4.69. The summed E-state index contributed by atoms with van der Waals surface area (Å²) in [5.74, 6) is 0.703. The lowest BCUT2D eigenvalue weighted by Gasteiger charge is -2.37. The molecule has 1 aliphatic carbocycles. The molecule has 2 amide bonds. The summed E-state index contributed by atoms with van der Waals surface area (Å²) in [5, 5.41) is 3.15. The second-order valence-electron chi connectivity index (χ2n) is 8.51. The summed E-state index contributed by atoms with van der Waals surface area (Å²) in [5.41, 5.74) is 0. The van der Waals surface area contributed by atoms with E-state index in [0.29, 0.717) is 12.2 Å². The normalized spacial score (nSPS) is 24.1. The van der Waals surface area contributed by atoms with Crippen molar-refractivity contribution >= 4 is 11.8 Å². The highest BCUT2D eigenvalue weighted by Gasteiger charge is 2.26. The van der Waals surface area contributed by atoms with Crippen molar-refractivity contribution < 1.29 is 14.3 Å². The second-order valence-corrected chi connectivity index (χ2v) is 8.51. The summed E-state index contributed by atoms with van der Waals surface area (Å²) in [7, 11) is 0. The Hall–Kier alpha value is -1.14. The van der Waals surface area contributed by atoms with Gasteiger partial charge >= 0.3 is 0 Å². The maximum atomic E-state index is 12.2. The van der Waals surface area contributed by atoms with E-state index in [1.807, 2.05) is 4.90 Å². The molecule has 0 radical (unpaired) electrons. The number of hydrogen-bond donors (Lipinski definition) is 1. The molecule has 0 aromatic carbocycles. The van der Waals surface area contributed by atoms with Crippen molar-refractivity contribution in [3.63, 3.8) is 0 Å². The van der Waals surface area contributed by atoms with Crippen molar-refractivity contribution in [2.24, 2.45) is 5.92 Å². The Balaban J connectivity index is 1.26. The van der Waals surface area contributed by atoms with Gasteiger partial charge in [-0.2, -0.15) is 0 Å². The summed E-state index contributed by atoms with van der Waals surface area (Å²) in [6, 6.07) is 0. The van der Waals surface area contributed by atoms with Gasteiger partial charge in [-0.15, -0.1) is 0 Å². The molecular formula is C21H37N3O3. The number of carbonyl (C=O) groups excluding carboxylic acids is 2. The van der Waals surface area contributed by atoms with Crippen molar-refractivity contribution in [3.8, 4) is 0 Å². The Bertz CT molecular complexity index is 477. The lowest BCUT2D eigenvalue weighted by atomic mass is 9.89. The van der Waals surface area contributed by atoms with Crippen molar-refractivity contribution in [2.75, 3.05) is 39.3 Å². The third kappa shape index (κ3) is 6.46. The van der Waals surface area contributed by atoms with Gasteiger partial charge in [-0.1, -0.05) is 19.3 Å². The number of nitrogens with zero attached hydrogens (tertiary/aromatic N) is 2. The highest BCUT2D eigenvalue weighted by molar-refractivity contribution is 5.78. The van der Waals surface area contributed by atoms with Crippen LogP contribution in [0, 0.1) is 5.92 Å². The molecule has 2 heterocycles. The largest absolute Gasteiger partial charge is 0.375 e. The van der Waals surface area contributed by atoms with Crippen LogP contribution in [0.1, 0.15) is 64.7 Å². The predicted octanol–water partition coefficient (Wildman–Crippen LogP) is 2.17. The van der Waals surface area contributed by atoms with Crippen LogP contribution in [-0.2, 0) is 14.3 Å². The molecule has 1 N–H and O–H groups in total. The zero-order valence-corrected chi connectivity index (χ0v) is 17.0. The molecule has 0 aromatic rings. The molecule has 0 unspecified atom stereocenters. The Labute approximate surface area is 164 Å². The first-order valence-electron chi connectivity index (χ1n) is 11.0. The van der Waals surface area contributed by atoms with Crippen LogP contribution in [0.15, 0.2) is 0 Å². The molecule has 154 valence electrons. The van der Waals surface area contributed by atoms with E-state index < -0.39 is 0 Å². The van der Waals surface area contributed by atoms with Gasteiger partial charge in [-0.25, -0.2) is 0 Å². The molecule has 2 aliphatic heterocycles. The number of hydrogen-bond acceptors (Lipinski definition) is 4. The Morgan fingerprint density at radius 1 is 0.889 bits per heavy atom. The fourth-order valence-corrected chi connectivity index (χ4v) is 4.69. The molecule has 3 aliphatic rings. The summed E-state index contributed by atoms with van der Waals surface area (Å²) in [6.45, 7) is 7.13. The van der Waals surface area contributed by atoms with Gasteiger partial charge in [0.25, 0.3) is 0 Å². The van der Waals surface area contributed by atoms with Gasteiger partial charge in [0.2, 0.25) is 11.8 Å². The topological polar surface area (TPSA) is 61.9 Å². The molecule has 3 rings (SSSR count). The molecule has 27 heavy (non-hydrogen) atoms. The van der Waals surface area contributed by atoms with E-state index in [2.05, 4.69) is 10.2 Å². The highest BCUT2D eigenvalue weighted by atomic mass is 16.5. The monoisotopic (exact) mass is 379 g/mol. The van der Waals surface area contributed by atoms with Crippen LogP contribution in [-0.4, -0.2) is 73.1 Å². The van der Waals surface area contributed by atoms with E-state index in [1.165, 1.54) is 19.3 Å². The maximum absolute atomic E-state index is 12.2. The van der Waals surface area contributed by atoms with Crippen molar-refractivity contribution in [1.29, 1.82) is 0 Å². The van der Waals surface area contributed by atoms with E-state index >= 15 is 0 Å². The van der Waals surface area contributed by atoms with Crippen LogP contribution in [0.5, 0.6) is 0 Å². The molecule has 6 nitrogen and oxygen atoms in total. The minimum Gasteiger partial charge on any atom is -0.375 e. The van der Waals surface area contributed by atoms with Crippen LogP contribution in [0.25, 0.3) is 0 Å². The van der Waals surface area contributed by atoms with Crippen LogP contribution in [0.4, 0.5) is 0 Å². The van der Waals surface area contributed by atoms with Gasteiger partial charge in [0.15, 0.2) is 0 Å². The minimum atomic E-state index is 0.178. The summed E-state index contributed by atoms with van der Waals surface area (Å²) < 4.78 is 6.30. The van der Waals surface area contributed by atoms with Crippen LogP contribution in [0.2, 0.25) is 0 Å². The van der Waals surface area contributed by atoms with Gasteiger partial charge in [0.05, 0.1) is 12.2 Å². The minimum absolute atomic E-state index is 0.178. The molecule has 0 aromatic heterocycles. The number of ether oxygens (including phenoxy) is 1. The van der Waals surface area contributed by atoms with E-state index in [9.17, 15) is 9.59 Å². The smallest absolute Gasteiger partial charge is 0.223 e. The number of amides is 2. The standard InChI is InChI=1S/C21H37N3O3/c1-17(25)24-14-9-20(10-15-24)27-19-7-12-23(13-8-19)16-11-22-21(26)18-5-3-2-4-6-18/h18-20H,2-16H2,1H3,(H,22,26). The Kier molecular flexibility index (Phi) is 7.94. The first-order chi connectivity index (χ1) is 13.1. The number of likely N-dealkylation sites (tertiary alicyclic amines) is 2. The predicted molar refractivity (Wildman–Crippen MR) is 105 cm³/mol. The van der Waals surface area contributed by atoms with E-state index in [0.717, 1.165) is 77.8 Å². The lowest BCUT2D eigenvalue weighted by molar-refractivity contribution is -0.133. The van der Waals surface area contributed by atoms with Crippen LogP contribution in [0.3, 0.4) is 0 Å². The van der Waals surface area contributed by atoms with Crippen molar-refractivity contribution in [3.05, 3.63) is 0 Å². The third-order valence-electron chi connectivity index (χ3n) is 6.51. The first kappa shape index (κ1) is 20.6. The third-order valence-corrected chi connectivity index (χ3v) is 6.51. The number of rotatable bonds is 6. The Morgan fingerprint density at radius 3 is 2.07 bits per heavy atom. The lowest BCUT2D eigenvalue weighted by Crippen LogP contribution is -2.45. The summed E-state index contributed by atoms with van der Waals surface area (Å²) in [6.07, 6.45) is 10.6. The molecule has 0 atom stereocenters. The SMILES string of the molecule is CC(=O)N1CCC(OC2CCN(CCNC(=O)C3CCCCC3)CC2)CC1. The fraction of sp³-hybridized carbons (Fsp3) is 0.905. The van der Waals surface area contributed by atoms with E-state index in [4.69, 9.17) is 4.74 Å². The van der Waals surface area contributed by atoms with Gasteiger partial charge in [-0.05, 0) is 38.5 Å². The molecule has 2 saturated heterocycles. The van der Waals surface area contributed by atoms with Crippen molar-refractivity contribution in [2.45, 2.75) is 76.9 Å². The van der Waals surface area contributed by atoms with Gasteiger partial charge in [0.1, 0.15) is 0 Å². The highest BCUT2D eigenvalue weighted by Crippen LogP contribution is 2.24. The van der Waals surface area contributed by atoms with Gasteiger partial charge in [-0.3, -0.25) is 9.59 Å². The number of piperidine rings is 2. The van der Waals surface area contributed by atoms with Crippen molar-refractivity contribution in [1.82, 2.24) is 15.1 Å².